The Labute approximate surface area is 122 Å². The van der Waals surface area contributed by atoms with Crippen LogP contribution in [0.5, 0.6) is 0 Å². The van der Waals surface area contributed by atoms with Gasteiger partial charge < -0.3 is 5.11 Å². The van der Waals surface area contributed by atoms with E-state index in [2.05, 4.69) is 51.1 Å². The summed E-state index contributed by atoms with van der Waals surface area (Å²) in [5, 5.41) is 10.7. The Balaban J connectivity index is 2.20. The Morgan fingerprint density at radius 3 is 2.05 bits per heavy atom. The lowest BCUT2D eigenvalue weighted by Crippen LogP contribution is -2.21. The van der Waals surface area contributed by atoms with Gasteiger partial charge in [-0.15, -0.1) is 0 Å². The first-order chi connectivity index (χ1) is 9.63. The van der Waals surface area contributed by atoms with Crippen LogP contribution in [0.4, 0.5) is 0 Å². The molecular formula is C19H24O. The van der Waals surface area contributed by atoms with Crippen molar-refractivity contribution in [3.05, 3.63) is 70.8 Å². The Bertz CT molecular complexity index is 525. The van der Waals surface area contributed by atoms with Gasteiger partial charge in [-0.2, -0.15) is 0 Å². The molecular weight excluding hydrogens is 244 g/mol. The van der Waals surface area contributed by atoms with Gasteiger partial charge in [-0.05, 0) is 48.9 Å². The van der Waals surface area contributed by atoms with E-state index >= 15 is 0 Å². The second-order valence-corrected chi connectivity index (χ2v) is 5.57. The quantitative estimate of drug-likeness (QED) is 0.852. The summed E-state index contributed by atoms with van der Waals surface area (Å²) in [6.07, 6.45) is 1.35. The van der Waals surface area contributed by atoms with Crippen molar-refractivity contribution in [2.24, 2.45) is 0 Å². The monoisotopic (exact) mass is 268 g/mol. The molecule has 2 unspecified atom stereocenters. The molecule has 0 saturated carbocycles. The minimum Gasteiger partial charge on any atom is -0.392 e. The summed E-state index contributed by atoms with van der Waals surface area (Å²) >= 11 is 0. The fraction of sp³-hybridized carbons (Fsp3) is 0.368. The van der Waals surface area contributed by atoms with Crippen LogP contribution in [0.2, 0.25) is 0 Å². The Kier molecular flexibility index (Phi) is 4.97. The lowest BCUT2D eigenvalue weighted by molar-refractivity contribution is 0.140. The molecule has 2 aromatic carbocycles. The number of hydrogen-bond acceptors (Lipinski definition) is 1. The zero-order valence-corrected chi connectivity index (χ0v) is 12.6. The molecule has 2 rings (SSSR count). The summed E-state index contributed by atoms with van der Waals surface area (Å²) in [5.41, 5.74) is 5.06. The van der Waals surface area contributed by atoms with E-state index in [1.54, 1.807) is 0 Å². The van der Waals surface area contributed by atoms with E-state index in [0.717, 1.165) is 12.8 Å². The van der Waals surface area contributed by atoms with Gasteiger partial charge in [0.1, 0.15) is 0 Å². The summed E-state index contributed by atoms with van der Waals surface area (Å²) in [4.78, 5) is 0. The predicted octanol–water partition coefficient (Wildman–Crippen LogP) is 4.40. The highest BCUT2D eigenvalue weighted by Crippen LogP contribution is 2.27. The summed E-state index contributed by atoms with van der Waals surface area (Å²) in [6.45, 7) is 6.39. The first-order valence-corrected chi connectivity index (χ1v) is 7.41. The number of hydrogen-bond donors (Lipinski definition) is 1. The molecule has 0 aliphatic rings. The molecule has 0 amide bonds. The van der Waals surface area contributed by atoms with E-state index in [-0.39, 0.29) is 12.0 Å². The summed E-state index contributed by atoms with van der Waals surface area (Å²) in [5.74, 6) is 0.204. The van der Waals surface area contributed by atoms with Gasteiger partial charge >= 0.3 is 0 Å². The Morgan fingerprint density at radius 2 is 1.50 bits per heavy atom. The SMILES string of the molecule is CCC(c1ccccc1)C(O)Cc1c(C)cccc1C. The average Bonchev–Trinajstić information content (AvgIpc) is 2.45. The van der Waals surface area contributed by atoms with Crippen LogP contribution in [0.25, 0.3) is 0 Å². The van der Waals surface area contributed by atoms with Gasteiger partial charge in [-0.3, -0.25) is 0 Å². The molecule has 2 aromatic rings. The van der Waals surface area contributed by atoms with Gasteiger partial charge in [-0.25, -0.2) is 0 Å². The van der Waals surface area contributed by atoms with Crippen molar-refractivity contribution in [3.8, 4) is 0 Å². The third kappa shape index (κ3) is 3.29. The highest BCUT2D eigenvalue weighted by Gasteiger charge is 2.20. The number of aliphatic hydroxyl groups is 1. The van der Waals surface area contributed by atoms with E-state index in [1.165, 1.54) is 22.3 Å². The average molecular weight is 268 g/mol. The smallest absolute Gasteiger partial charge is 0.0649 e. The standard InChI is InChI=1S/C19H24O/c1-4-17(16-11-6-5-7-12-16)19(20)13-18-14(2)9-8-10-15(18)3/h5-12,17,19-20H,4,13H2,1-3H3. The normalized spacial score (nSPS) is 14.0. The van der Waals surface area contributed by atoms with Crippen LogP contribution >= 0.6 is 0 Å². The van der Waals surface area contributed by atoms with Crippen molar-refractivity contribution in [1.29, 1.82) is 0 Å². The first kappa shape index (κ1) is 14.8. The fourth-order valence-corrected chi connectivity index (χ4v) is 2.95. The van der Waals surface area contributed by atoms with Crippen molar-refractivity contribution >= 4 is 0 Å². The van der Waals surface area contributed by atoms with Gasteiger partial charge in [0.2, 0.25) is 0 Å². The molecule has 0 radical (unpaired) electrons. The highest BCUT2D eigenvalue weighted by atomic mass is 16.3. The Hall–Kier alpha value is -1.60. The van der Waals surface area contributed by atoms with Gasteiger partial charge in [0.05, 0.1) is 6.10 Å². The molecule has 0 aromatic heterocycles. The topological polar surface area (TPSA) is 20.2 Å². The van der Waals surface area contributed by atoms with Crippen molar-refractivity contribution < 1.29 is 5.11 Å². The fourth-order valence-electron chi connectivity index (χ4n) is 2.95. The number of aliphatic hydroxyl groups excluding tert-OH is 1. The molecule has 0 spiro atoms. The molecule has 1 nitrogen and oxygen atoms in total. The lowest BCUT2D eigenvalue weighted by Gasteiger charge is -2.23. The van der Waals surface area contributed by atoms with Crippen molar-refractivity contribution in [2.75, 3.05) is 0 Å². The largest absolute Gasteiger partial charge is 0.392 e. The van der Waals surface area contributed by atoms with Crippen LogP contribution in [-0.2, 0) is 6.42 Å². The Morgan fingerprint density at radius 1 is 0.900 bits per heavy atom. The van der Waals surface area contributed by atoms with Crippen LogP contribution in [0.1, 0.15) is 41.5 Å². The zero-order chi connectivity index (χ0) is 14.5. The maximum absolute atomic E-state index is 10.7. The number of rotatable bonds is 5. The van der Waals surface area contributed by atoms with Crippen LogP contribution in [-0.4, -0.2) is 11.2 Å². The molecule has 20 heavy (non-hydrogen) atoms. The lowest BCUT2D eigenvalue weighted by atomic mass is 9.86. The van der Waals surface area contributed by atoms with Crippen LogP contribution in [0, 0.1) is 13.8 Å². The first-order valence-electron chi connectivity index (χ1n) is 7.41. The molecule has 1 heteroatoms. The van der Waals surface area contributed by atoms with Crippen molar-refractivity contribution in [3.63, 3.8) is 0 Å². The minimum atomic E-state index is -0.331. The summed E-state index contributed by atoms with van der Waals surface area (Å²) < 4.78 is 0. The second kappa shape index (κ2) is 6.71. The number of benzene rings is 2. The third-order valence-corrected chi connectivity index (χ3v) is 4.19. The van der Waals surface area contributed by atoms with Gasteiger partial charge in [0, 0.05) is 5.92 Å². The van der Waals surface area contributed by atoms with Gasteiger partial charge in [0.25, 0.3) is 0 Å². The highest BCUT2D eigenvalue weighted by molar-refractivity contribution is 5.34. The minimum absolute atomic E-state index is 0.204. The zero-order valence-electron chi connectivity index (χ0n) is 12.6. The van der Waals surface area contributed by atoms with Crippen LogP contribution in [0.3, 0.4) is 0 Å². The van der Waals surface area contributed by atoms with E-state index in [1.807, 2.05) is 18.2 Å². The molecule has 0 fully saturated rings. The van der Waals surface area contributed by atoms with E-state index in [9.17, 15) is 5.11 Å². The van der Waals surface area contributed by atoms with E-state index < -0.39 is 0 Å². The van der Waals surface area contributed by atoms with E-state index in [0.29, 0.717) is 0 Å². The molecule has 2 atom stereocenters. The molecule has 0 aliphatic heterocycles. The molecule has 0 saturated heterocycles. The molecule has 106 valence electrons. The third-order valence-electron chi connectivity index (χ3n) is 4.19. The molecule has 0 bridgehead atoms. The summed E-state index contributed by atoms with van der Waals surface area (Å²) in [7, 11) is 0. The van der Waals surface area contributed by atoms with Crippen LogP contribution < -0.4 is 0 Å². The van der Waals surface area contributed by atoms with Crippen molar-refractivity contribution in [2.45, 2.75) is 45.6 Å². The number of aryl methyl sites for hydroxylation is 2. The maximum atomic E-state index is 10.7. The van der Waals surface area contributed by atoms with Gasteiger partial charge in [0.15, 0.2) is 0 Å². The summed E-state index contributed by atoms with van der Waals surface area (Å²) in [6, 6.07) is 16.7. The van der Waals surface area contributed by atoms with Crippen LogP contribution in [0.15, 0.2) is 48.5 Å². The molecule has 0 aliphatic carbocycles. The molecule has 1 N–H and O–H groups in total. The van der Waals surface area contributed by atoms with Crippen molar-refractivity contribution in [1.82, 2.24) is 0 Å². The molecule has 0 heterocycles. The maximum Gasteiger partial charge on any atom is 0.0649 e. The second-order valence-electron chi connectivity index (χ2n) is 5.57. The van der Waals surface area contributed by atoms with Gasteiger partial charge in [-0.1, -0.05) is 55.5 Å². The predicted molar refractivity (Wildman–Crippen MR) is 85.1 cm³/mol. The van der Waals surface area contributed by atoms with E-state index in [4.69, 9.17) is 0 Å².